The maximum absolute atomic E-state index is 12.0. The van der Waals surface area contributed by atoms with Crippen molar-refractivity contribution in [3.05, 3.63) is 23.3 Å². The number of methoxy groups -OCH3 is 1. The molecule has 0 aliphatic carbocycles. The maximum atomic E-state index is 12.0. The van der Waals surface area contributed by atoms with E-state index in [2.05, 4.69) is 23.8 Å². The Hall–Kier alpha value is -1.49. The van der Waals surface area contributed by atoms with Gasteiger partial charge in [0.25, 0.3) is 0 Å². The Balaban J connectivity index is 2.06. The summed E-state index contributed by atoms with van der Waals surface area (Å²) in [6, 6.07) is 0. The van der Waals surface area contributed by atoms with Crippen molar-refractivity contribution in [3.63, 3.8) is 0 Å². The van der Waals surface area contributed by atoms with Gasteiger partial charge in [0, 0.05) is 38.5 Å². The first kappa shape index (κ1) is 15.9. The van der Waals surface area contributed by atoms with Crippen molar-refractivity contribution in [2.45, 2.75) is 39.5 Å². The fraction of sp³-hybridized carbons (Fsp3) is 0.688. The van der Waals surface area contributed by atoms with Crippen LogP contribution in [0.5, 0.6) is 0 Å². The van der Waals surface area contributed by atoms with Crippen LogP contribution in [0.4, 0.5) is 0 Å². The highest BCUT2D eigenvalue weighted by atomic mass is 16.5. The number of aryl methyl sites for hydroxylation is 1. The van der Waals surface area contributed by atoms with Gasteiger partial charge in [-0.25, -0.2) is 9.97 Å². The van der Waals surface area contributed by atoms with Crippen molar-refractivity contribution >= 4 is 5.91 Å². The van der Waals surface area contributed by atoms with Gasteiger partial charge in [0.1, 0.15) is 5.82 Å². The van der Waals surface area contributed by atoms with Gasteiger partial charge in [0.15, 0.2) is 0 Å². The SMILES string of the molecule is COCCN1CC(Cc2nc(C)ncc2C(C)C)CC1=O. The van der Waals surface area contributed by atoms with Gasteiger partial charge in [-0.05, 0) is 30.7 Å². The molecule has 1 aromatic heterocycles. The molecule has 1 amide bonds. The zero-order chi connectivity index (χ0) is 15.4. The number of likely N-dealkylation sites (tertiary alicyclic amines) is 1. The lowest BCUT2D eigenvalue weighted by Gasteiger charge is -2.17. The number of aromatic nitrogens is 2. The van der Waals surface area contributed by atoms with E-state index in [1.807, 2.05) is 18.0 Å². The lowest BCUT2D eigenvalue weighted by molar-refractivity contribution is -0.128. The normalized spacial score (nSPS) is 18.8. The molecule has 0 radical (unpaired) electrons. The maximum Gasteiger partial charge on any atom is 0.223 e. The number of amides is 1. The summed E-state index contributed by atoms with van der Waals surface area (Å²) in [4.78, 5) is 22.8. The van der Waals surface area contributed by atoms with Gasteiger partial charge in [-0.2, -0.15) is 0 Å². The monoisotopic (exact) mass is 291 g/mol. The molecule has 0 N–H and O–H groups in total. The lowest BCUT2D eigenvalue weighted by Crippen LogP contribution is -2.29. The van der Waals surface area contributed by atoms with Crippen LogP contribution in [0.2, 0.25) is 0 Å². The van der Waals surface area contributed by atoms with Crippen LogP contribution in [0.25, 0.3) is 0 Å². The summed E-state index contributed by atoms with van der Waals surface area (Å²) in [5.41, 5.74) is 2.30. The minimum atomic E-state index is 0.230. The third-order valence-corrected chi connectivity index (χ3v) is 3.98. The van der Waals surface area contributed by atoms with Crippen LogP contribution < -0.4 is 0 Å². The van der Waals surface area contributed by atoms with E-state index in [-0.39, 0.29) is 5.91 Å². The van der Waals surface area contributed by atoms with E-state index >= 15 is 0 Å². The molecule has 0 spiro atoms. The summed E-state index contributed by atoms with van der Waals surface area (Å²) in [6.07, 6.45) is 3.40. The molecule has 1 atom stereocenters. The molecule has 2 heterocycles. The van der Waals surface area contributed by atoms with E-state index in [9.17, 15) is 4.79 Å². The van der Waals surface area contributed by atoms with Crippen LogP contribution in [0.15, 0.2) is 6.20 Å². The summed E-state index contributed by atoms with van der Waals surface area (Å²) in [5.74, 6) is 1.78. The fourth-order valence-electron chi connectivity index (χ4n) is 2.85. The average Bonchev–Trinajstić information content (AvgIpc) is 2.76. The third kappa shape index (κ3) is 4.00. The fourth-order valence-corrected chi connectivity index (χ4v) is 2.85. The van der Waals surface area contributed by atoms with E-state index in [1.165, 1.54) is 5.56 Å². The topological polar surface area (TPSA) is 55.3 Å². The van der Waals surface area contributed by atoms with Gasteiger partial charge in [0.05, 0.1) is 6.61 Å². The summed E-state index contributed by atoms with van der Waals surface area (Å²) in [6.45, 7) is 8.32. The molecule has 21 heavy (non-hydrogen) atoms. The molecule has 0 aromatic carbocycles. The molecule has 1 aromatic rings. The summed E-state index contributed by atoms with van der Waals surface area (Å²) < 4.78 is 5.06. The van der Waals surface area contributed by atoms with E-state index in [0.717, 1.165) is 24.5 Å². The van der Waals surface area contributed by atoms with Gasteiger partial charge in [-0.3, -0.25) is 4.79 Å². The number of nitrogens with zero attached hydrogens (tertiary/aromatic N) is 3. The Morgan fingerprint density at radius 3 is 2.90 bits per heavy atom. The van der Waals surface area contributed by atoms with Crippen molar-refractivity contribution in [3.8, 4) is 0 Å². The van der Waals surface area contributed by atoms with E-state index in [1.54, 1.807) is 7.11 Å². The second-order valence-electron chi connectivity index (χ2n) is 6.08. The first-order valence-corrected chi connectivity index (χ1v) is 7.60. The lowest BCUT2D eigenvalue weighted by atomic mass is 9.95. The second-order valence-corrected chi connectivity index (χ2v) is 6.08. The molecule has 0 bridgehead atoms. The van der Waals surface area contributed by atoms with Gasteiger partial charge in [-0.1, -0.05) is 13.8 Å². The quantitative estimate of drug-likeness (QED) is 0.804. The average molecular weight is 291 g/mol. The predicted molar refractivity (Wildman–Crippen MR) is 81.1 cm³/mol. The summed E-state index contributed by atoms with van der Waals surface area (Å²) >= 11 is 0. The van der Waals surface area contributed by atoms with Crippen LogP contribution >= 0.6 is 0 Å². The van der Waals surface area contributed by atoms with Crippen LogP contribution in [-0.2, 0) is 16.0 Å². The van der Waals surface area contributed by atoms with Crippen LogP contribution in [0, 0.1) is 12.8 Å². The highest BCUT2D eigenvalue weighted by Gasteiger charge is 2.30. The Labute approximate surface area is 126 Å². The standard InChI is InChI=1S/C16H25N3O2/c1-11(2)14-9-17-12(3)18-15(14)7-13-8-16(20)19(10-13)5-6-21-4/h9,11,13H,5-8,10H2,1-4H3. The van der Waals surface area contributed by atoms with Gasteiger partial charge in [0.2, 0.25) is 5.91 Å². The molecular formula is C16H25N3O2. The molecule has 5 heteroatoms. The Kier molecular flexibility index (Phi) is 5.28. The molecule has 0 saturated carbocycles. The van der Waals surface area contributed by atoms with Crippen molar-refractivity contribution in [1.29, 1.82) is 0 Å². The minimum Gasteiger partial charge on any atom is -0.383 e. The van der Waals surface area contributed by atoms with Crippen molar-refractivity contribution in [1.82, 2.24) is 14.9 Å². The number of ether oxygens (including phenoxy) is 1. The first-order chi connectivity index (χ1) is 10.0. The third-order valence-electron chi connectivity index (χ3n) is 3.98. The second kappa shape index (κ2) is 6.98. The predicted octanol–water partition coefficient (Wildman–Crippen LogP) is 1.95. The summed E-state index contributed by atoms with van der Waals surface area (Å²) in [5, 5.41) is 0. The number of rotatable bonds is 6. The smallest absolute Gasteiger partial charge is 0.223 e. The zero-order valence-electron chi connectivity index (χ0n) is 13.4. The summed E-state index contributed by atoms with van der Waals surface area (Å²) in [7, 11) is 1.66. The minimum absolute atomic E-state index is 0.230. The Morgan fingerprint density at radius 2 is 2.24 bits per heavy atom. The van der Waals surface area contributed by atoms with Gasteiger partial charge >= 0.3 is 0 Å². The molecule has 1 aliphatic rings. The Morgan fingerprint density at radius 1 is 1.48 bits per heavy atom. The zero-order valence-corrected chi connectivity index (χ0v) is 13.4. The molecule has 1 fully saturated rings. The van der Waals surface area contributed by atoms with E-state index in [4.69, 9.17) is 4.74 Å². The van der Waals surface area contributed by atoms with E-state index in [0.29, 0.717) is 31.4 Å². The first-order valence-electron chi connectivity index (χ1n) is 7.60. The van der Waals surface area contributed by atoms with Gasteiger partial charge in [-0.15, -0.1) is 0 Å². The molecule has 116 valence electrons. The molecule has 5 nitrogen and oxygen atoms in total. The number of hydrogen-bond acceptors (Lipinski definition) is 4. The van der Waals surface area contributed by atoms with Crippen molar-refractivity contribution in [2.24, 2.45) is 5.92 Å². The number of carbonyl (C=O) groups excluding carboxylic acids is 1. The number of hydrogen-bond donors (Lipinski definition) is 0. The highest BCUT2D eigenvalue weighted by molar-refractivity contribution is 5.78. The van der Waals surface area contributed by atoms with Crippen LogP contribution in [0.1, 0.15) is 43.3 Å². The number of carbonyl (C=O) groups is 1. The van der Waals surface area contributed by atoms with Crippen molar-refractivity contribution < 1.29 is 9.53 Å². The molecule has 2 rings (SSSR count). The largest absolute Gasteiger partial charge is 0.383 e. The highest BCUT2D eigenvalue weighted by Crippen LogP contribution is 2.25. The van der Waals surface area contributed by atoms with E-state index < -0.39 is 0 Å². The molecular weight excluding hydrogens is 266 g/mol. The van der Waals surface area contributed by atoms with Crippen molar-refractivity contribution in [2.75, 3.05) is 26.8 Å². The Bertz CT molecular complexity index is 502. The molecule has 1 aliphatic heterocycles. The van der Waals surface area contributed by atoms with Gasteiger partial charge < -0.3 is 9.64 Å². The van der Waals surface area contributed by atoms with Crippen LogP contribution in [0.3, 0.4) is 0 Å². The molecule has 1 unspecified atom stereocenters. The van der Waals surface area contributed by atoms with Crippen LogP contribution in [-0.4, -0.2) is 47.6 Å². The molecule has 1 saturated heterocycles.